The highest BCUT2D eigenvalue weighted by atomic mass is 16.4. The zero-order valence-corrected chi connectivity index (χ0v) is 12.8. The summed E-state index contributed by atoms with van der Waals surface area (Å²) >= 11 is 0. The lowest BCUT2D eigenvalue weighted by molar-refractivity contribution is -0.141. The van der Waals surface area contributed by atoms with Crippen molar-refractivity contribution in [3.8, 4) is 0 Å². The lowest BCUT2D eigenvalue weighted by Crippen LogP contribution is -2.44. The van der Waals surface area contributed by atoms with Crippen molar-refractivity contribution < 1.29 is 19.8 Å². The Bertz CT molecular complexity index is 414. The van der Waals surface area contributed by atoms with Gasteiger partial charge >= 0.3 is 12.0 Å². The number of amides is 2. The maximum atomic E-state index is 11.9. The first-order valence-corrected chi connectivity index (χ1v) is 7.76. The fraction of sp³-hybridized carbons (Fsp3) is 0.867. The van der Waals surface area contributed by atoms with Gasteiger partial charge in [-0.05, 0) is 43.9 Å². The quantitative estimate of drug-likeness (QED) is 0.689. The molecular weight excluding hydrogens is 272 g/mol. The van der Waals surface area contributed by atoms with E-state index in [1.807, 2.05) is 0 Å². The van der Waals surface area contributed by atoms with Crippen molar-refractivity contribution in [3.05, 3.63) is 0 Å². The minimum absolute atomic E-state index is 0.177. The molecule has 0 aliphatic heterocycles. The summed E-state index contributed by atoms with van der Waals surface area (Å²) in [5, 5.41) is 22.2. The summed E-state index contributed by atoms with van der Waals surface area (Å²) in [6.07, 6.45) is 4.91. The van der Waals surface area contributed by atoms with Gasteiger partial charge in [-0.25, -0.2) is 4.79 Å². The Balaban J connectivity index is 1.71. The highest BCUT2D eigenvalue weighted by Gasteiger charge is 2.49. The molecule has 2 aliphatic carbocycles. The Morgan fingerprint density at radius 2 is 2.14 bits per heavy atom. The van der Waals surface area contributed by atoms with Crippen molar-refractivity contribution in [3.63, 3.8) is 0 Å². The van der Waals surface area contributed by atoms with E-state index in [0.717, 1.165) is 19.3 Å². The van der Waals surface area contributed by atoms with Gasteiger partial charge in [0.1, 0.15) is 0 Å². The normalized spacial score (nSPS) is 32.0. The van der Waals surface area contributed by atoms with Gasteiger partial charge in [-0.1, -0.05) is 6.92 Å². The molecule has 4 unspecified atom stereocenters. The van der Waals surface area contributed by atoms with E-state index in [1.54, 1.807) is 14.0 Å². The van der Waals surface area contributed by atoms with Crippen LogP contribution >= 0.6 is 0 Å². The van der Waals surface area contributed by atoms with E-state index < -0.39 is 17.5 Å². The van der Waals surface area contributed by atoms with Gasteiger partial charge in [0.2, 0.25) is 0 Å². The SMILES string of the molecule is CC(CN(C)C(=O)NCCC1(O)CC2CCC1C2)C(=O)O. The van der Waals surface area contributed by atoms with Crippen LogP contribution in [-0.2, 0) is 4.79 Å². The van der Waals surface area contributed by atoms with Crippen molar-refractivity contribution in [1.29, 1.82) is 0 Å². The highest BCUT2D eigenvalue weighted by molar-refractivity contribution is 5.75. The first kappa shape index (κ1) is 16.1. The summed E-state index contributed by atoms with van der Waals surface area (Å²) in [6.45, 7) is 2.19. The highest BCUT2D eigenvalue weighted by Crippen LogP contribution is 2.51. The van der Waals surface area contributed by atoms with Crippen LogP contribution < -0.4 is 5.32 Å². The summed E-state index contributed by atoms with van der Waals surface area (Å²) in [6, 6.07) is -0.283. The van der Waals surface area contributed by atoms with Crippen molar-refractivity contribution in [2.24, 2.45) is 17.8 Å². The molecule has 0 radical (unpaired) electrons. The second kappa shape index (κ2) is 6.22. The van der Waals surface area contributed by atoms with E-state index in [2.05, 4.69) is 5.32 Å². The molecule has 21 heavy (non-hydrogen) atoms. The first-order chi connectivity index (χ1) is 9.82. The van der Waals surface area contributed by atoms with E-state index in [0.29, 0.717) is 24.8 Å². The number of carboxylic acid groups (broad SMARTS) is 1. The molecule has 0 aromatic heterocycles. The van der Waals surface area contributed by atoms with Crippen LogP contribution in [0.4, 0.5) is 4.79 Å². The van der Waals surface area contributed by atoms with Crippen LogP contribution in [0.5, 0.6) is 0 Å². The number of fused-ring (bicyclic) bond motifs is 2. The van der Waals surface area contributed by atoms with Crippen LogP contribution in [0.15, 0.2) is 0 Å². The number of aliphatic carboxylic acids is 1. The summed E-state index contributed by atoms with van der Waals surface area (Å²) in [5.74, 6) is -0.444. The molecule has 0 aromatic carbocycles. The van der Waals surface area contributed by atoms with E-state index in [1.165, 1.54) is 11.3 Å². The molecule has 2 rings (SSSR count). The van der Waals surface area contributed by atoms with E-state index in [4.69, 9.17) is 5.11 Å². The summed E-state index contributed by atoms with van der Waals surface area (Å²) in [7, 11) is 1.58. The van der Waals surface area contributed by atoms with Crippen LogP contribution in [0.1, 0.15) is 39.0 Å². The number of nitrogens with zero attached hydrogens (tertiary/aromatic N) is 1. The third kappa shape index (κ3) is 3.67. The molecule has 2 saturated carbocycles. The number of carbonyl (C=O) groups is 2. The smallest absolute Gasteiger partial charge is 0.317 e. The van der Waals surface area contributed by atoms with Gasteiger partial charge in [0.25, 0.3) is 0 Å². The number of urea groups is 1. The topological polar surface area (TPSA) is 89.9 Å². The summed E-state index contributed by atoms with van der Waals surface area (Å²) in [5.41, 5.74) is -0.608. The third-order valence-electron chi connectivity index (χ3n) is 5.09. The Morgan fingerprint density at radius 1 is 1.43 bits per heavy atom. The van der Waals surface area contributed by atoms with Crippen LogP contribution in [0, 0.1) is 17.8 Å². The molecule has 0 heterocycles. The summed E-state index contributed by atoms with van der Waals surface area (Å²) in [4.78, 5) is 24.0. The predicted molar refractivity (Wildman–Crippen MR) is 77.8 cm³/mol. The van der Waals surface area contributed by atoms with Crippen molar-refractivity contribution in [2.75, 3.05) is 20.1 Å². The Morgan fingerprint density at radius 3 is 2.67 bits per heavy atom. The van der Waals surface area contributed by atoms with Gasteiger partial charge in [0.15, 0.2) is 0 Å². The average Bonchev–Trinajstić information content (AvgIpc) is 2.98. The Hall–Kier alpha value is -1.30. The maximum Gasteiger partial charge on any atom is 0.317 e. The predicted octanol–water partition coefficient (Wildman–Crippen LogP) is 1.29. The van der Waals surface area contributed by atoms with Gasteiger partial charge in [-0.3, -0.25) is 4.79 Å². The molecule has 0 aromatic rings. The monoisotopic (exact) mass is 298 g/mol. The number of hydrogen-bond donors (Lipinski definition) is 3. The lowest BCUT2D eigenvalue weighted by Gasteiger charge is -2.32. The second-order valence-electron chi connectivity index (χ2n) is 6.79. The zero-order chi connectivity index (χ0) is 15.6. The molecule has 6 nitrogen and oxygen atoms in total. The van der Waals surface area contributed by atoms with Crippen molar-refractivity contribution in [1.82, 2.24) is 10.2 Å². The standard InChI is InChI=1S/C15H26N2O4/c1-10(13(18)19)9-17(2)14(20)16-6-5-15(21)8-11-3-4-12(15)7-11/h10-12,21H,3-9H2,1-2H3,(H,16,20)(H,18,19). The van der Waals surface area contributed by atoms with Gasteiger partial charge < -0.3 is 20.4 Å². The number of carbonyl (C=O) groups excluding carboxylic acids is 1. The van der Waals surface area contributed by atoms with E-state index in [9.17, 15) is 14.7 Å². The molecule has 0 saturated heterocycles. The van der Waals surface area contributed by atoms with Gasteiger partial charge in [-0.15, -0.1) is 0 Å². The molecule has 4 atom stereocenters. The fourth-order valence-electron chi connectivity index (χ4n) is 3.81. The molecule has 120 valence electrons. The molecule has 0 spiro atoms. The van der Waals surface area contributed by atoms with Crippen LogP contribution in [0.25, 0.3) is 0 Å². The molecule has 3 N–H and O–H groups in total. The zero-order valence-electron chi connectivity index (χ0n) is 12.8. The number of hydrogen-bond acceptors (Lipinski definition) is 3. The van der Waals surface area contributed by atoms with E-state index in [-0.39, 0.29) is 12.6 Å². The van der Waals surface area contributed by atoms with E-state index >= 15 is 0 Å². The van der Waals surface area contributed by atoms with Gasteiger partial charge in [-0.2, -0.15) is 0 Å². The number of aliphatic hydroxyl groups is 1. The second-order valence-corrected chi connectivity index (χ2v) is 6.79. The molecule has 2 amide bonds. The molecule has 6 heteroatoms. The fourth-order valence-corrected chi connectivity index (χ4v) is 3.81. The number of carboxylic acids is 1. The van der Waals surface area contributed by atoms with Crippen molar-refractivity contribution >= 4 is 12.0 Å². The molecular formula is C15H26N2O4. The number of nitrogens with one attached hydrogen (secondary N) is 1. The van der Waals surface area contributed by atoms with Gasteiger partial charge in [0.05, 0.1) is 11.5 Å². The molecule has 2 aliphatic rings. The first-order valence-electron chi connectivity index (χ1n) is 7.76. The van der Waals surface area contributed by atoms with Crippen LogP contribution in [0.2, 0.25) is 0 Å². The van der Waals surface area contributed by atoms with Crippen LogP contribution in [-0.4, -0.2) is 52.9 Å². The Labute approximate surface area is 125 Å². The third-order valence-corrected chi connectivity index (χ3v) is 5.09. The van der Waals surface area contributed by atoms with Crippen LogP contribution in [0.3, 0.4) is 0 Å². The molecule has 2 bridgehead atoms. The number of rotatable bonds is 6. The average molecular weight is 298 g/mol. The minimum atomic E-state index is -0.911. The maximum absolute atomic E-state index is 11.9. The van der Waals surface area contributed by atoms with Gasteiger partial charge in [0, 0.05) is 20.1 Å². The van der Waals surface area contributed by atoms with Crippen molar-refractivity contribution in [2.45, 2.75) is 44.6 Å². The molecule has 2 fully saturated rings. The Kier molecular flexibility index (Phi) is 4.76. The largest absolute Gasteiger partial charge is 0.481 e. The summed E-state index contributed by atoms with van der Waals surface area (Å²) < 4.78 is 0. The lowest BCUT2D eigenvalue weighted by atomic mass is 9.82. The minimum Gasteiger partial charge on any atom is -0.481 e.